The van der Waals surface area contributed by atoms with Crippen LogP contribution in [0.2, 0.25) is 0 Å². The molecule has 1 atom stereocenters. The number of allylic oxidation sites excluding steroid dienone is 1. The minimum atomic E-state index is -0.480. The standard InChI is InChI=1S/C26H30N2O4/c1-2-32-23-10-7-20(8-11-23)26(30)12-9-21-17-28(25-6-4-3-5-24(21)25)19-22(29)18-27-13-15-31-16-14-27/h3-12,17,22,29H,2,13-16,18-19H2,1H3/b12-9+/t22-/m1/s1. The molecule has 0 aliphatic carbocycles. The topological polar surface area (TPSA) is 63.9 Å². The SMILES string of the molecule is CCOc1ccc(C(=O)/C=C/c2cn(C[C@H](O)CN3CCOCC3)c3ccccc23)cc1. The number of ether oxygens (including phenoxy) is 2. The molecule has 1 aliphatic heterocycles. The highest BCUT2D eigenvalue weighted by Gasteiger charge is 2.16. The summed E-state index contributed by atoms with van der Waals surface area (Å²) in [6.45, 7) is 6.79. The number of aliphatic hydroxyl groups excluding tert-OH is 1. The Morgan fingerprint density at radius 2 is 1.88 bits per heavy atom. The first-order chi connectivity index (χ1) is 15.6. The number of aromatic nitrogens is 1. The lowest BCUT2D eigenvalue weighted by atomic mass is 10.1. The van der Waals surface area contributed by atoms with E-state index in [0.29, 0.717) is 25.3 Å². The number of carbonyl (C=O) groups excluding carboxylic acids is 1. The predicted octanol–water partition coefficient (Wildman–Crippen LogP) is 3.63. The van der Waals surface area contributed by atoms with Gasteiger partial charge in [-0.15, -0.1) is 0 Å². The molecule has 6 nitrogen and oxygen atoms in total. The fraction of sp³-hybridized carbons (Fsp3) is 0.346. The third kappa shape index (κ3) is 5.46. The average Bonchev–Trinajstić information content (AvgIpc) is 3.16. The number of hydrogen-bond acceptors (Lipinski definition) is 5. The Hall–Kier alpha value is -2.93. The van der Waals surface area contributed by atoms with Crippen molar-refractivity contribution in [3.8, 4) is 5.75 Å². The van der Waals surface area contributed by atoms with Crippen molar-refractivity contribution in [3.05, 3.63) is 71.9 Å². The van der Waals surface area contributed by atoms with E-state index in [1.807, 2.05) is 55.6 Å². The molecule has 1 aromatic heterocycles. The summed E-state index contributed by atoms with van der Waals surface area (Å²) in [6, 6.07) is 15.3. The second kappa shape index (κ2) is 10.6. The summed E-state index contributed by atoms with van der Waals surface area (Å²) >= 11 is 0. The lowest BCUT2D eigenvalue weighted by Gasteiger charge is -2.28. The zero-order chi connectivity index (χ0) is 22.3. The number of ketones is 1. The van der Waals surface area contributed by atoms with Crippen LogP contribution in [0.1, 0.15) is 22.8 Å². The zero-order valence-electron chi connectivity index (χ0n) is 18.4. The van der Waals surface area contributed by atoms with Gasteiger partial charge >= 0.3 is 0 Å². The van der Waals surface area contributed by atoms with Gasteiger partial charge in [0.25, 0.3) is 0 Å². The van der Waals surface area contributed by atoms with E-state index in [4.69, 9.17) is 9.47 Å². The minimum Gasteiger partial charge on any atom is -0.494 e. The normalized spacial score (nSPS) is 15.9. The largest absolute Gasteiger partial charge is 0.494 e. The van der Waals surface area contributed by atoms with Gasteiger partial charge < -0.3 is 19.1 Å². The molecule has 0 saturated carbocycles. The minimum absolute atomic E-state index is 0.0581. The molecule has 0 radical (unpaired) electrons. The van der Waals surface area contributed by atoms with Crippen LogP contribution in [-0.4, -0.2) is 65.9 Å². The highest BCUT2D eigenvalue weighted by atomic mass is 16.5. The molecular formula is C26H30N2O4. The van der Waals surface area contributed by atoms with E-state index in [0.717, 1.165) is 48.5 Å². The van der Waals surface area contributed by atoms with Crippen molar-refractivity contribution in [2.45, 2.75) is 19.6 Å². The Labute approximate surface area is 188 Å². The first-order valence-electron chi connectivity index (χ1n) is 11.2. The number of hydrogen-bond donors (Lipinski definition) is 1. The molecule has 0 amide bonds. The summed E-state index contributed by atoms with van der Waals surface area (Å²) in [5.41, 5.74) is 2.62. The molecule has 168 valence electrons. The highest BCUT2D eigenvalue weighted by molar-refractivity contribution is 6.07. The second-order valence-corrected chi connectivity index (χ2v) is 7.98. The lowest BCUT2D eigenvalue weighted by molar-refractivity contribution is 0.0117. The molecule has 2 aromatic carbocycles. The van der Waals surface area contributed by atoms with Crippen LogP contribution >= 0.6 is 0 Å². The third-order valence-corrected chi connectivity index (χ3v) is 5.66. The Kier molecular flexibility index (Phi) is 7.37. The quantitative estimate of drug-likeness (QED) is 0.412. The fourth-order valence-electron chi connectivity index (χ4n) is 4.07. The summed E-state index contributed by atoms with van der Waals surface area (Å²) in [4.78, 5) is 14.9. The van der Waals surface area contributed by atoms with Gasteiger partial charge in [0.05, 0.1) is 25.9 Å². The van der Waals surface area contributed by atoms with Gasteiger partial charge in [0.15, 0.2) is 5.78 Å². The summed E-state index contributed by atoms with van der Waals surface area (Å²) in [6.07, 6.45) is 4.99. The molecule has 2 heterocycles. The van der Waals surface area contributed by atoms with Crippen LogP contribution in [0, 0.1) is 0 Å². The summed E-state index contributed by atoms with van der Waals surface area (Å²) < 4.78 is 12.9. The van der Waals surface area contributed by atoms with Gasteiger partial charge in [-0.25, -0.2) is 0 Å². The molecule has 3 aromatic rings. The Balaban J connectivity index is 1.48. The highest BCUT2D eigenvalue weighted by Crippen LogP contribution is 2.23. The number of rotatable bonds is 9. The molecule has 0 bridgehead atoms. The molecule has 1 fully saturated rings. The van der Waals surface area contributed by atoms with E-state index < -0.39 is 6.10 Å². The van der Waals surface area contributed by atoms with Gasteiger partial charge in [-0.05, 0) is 49.4 Å². The maximum Gasteiger partial charge on any atom is 0.185 e. The number of aliphatic hydroxyl groups is 1. The van der Waals surface area contributed by atoms with Crippen molar-refractivity contribution in [3.63, 3.8) is 0 Å². The van der Waals surface area contributed by atoms with E-state index in [-0.39, 0.29) is 5.78 Å². The van der Waals surface area contributed by atoms with Gasteiger partial charge in [0.1, 0.15) is 5.75 Å². The maximum atomic E-state index is 12.6. The first-order valence-corrected chi connectivity index (χ1v) is 11.2. The summed E-state index contributed by atoms with van der Waals surface area (Å²) in [5, 5.41) is 11.7. The van der Waals surface area contributed by atoms with Crippen molar-refractivity contribution >= 4 is 22.8 Å². The smallest absolute Gasteiger partial charge is 0.185 e. The molecule has 1 N–H and O–H groups in total. The van der Waals surface area contributed by atoms with Crippen molar-refractivity contribution < 1.29 is 19.4 Å². The number of benzene rings is 2. The van der Waals surface area contributed by atoms with Gasteiger partial charge in [-0.2, -0.15) is 0 Å². The molecule has 6 heteroatoms. The molecule has 1 saturated heterocycles. The molecule has 32 heavy (non-hydrogen) atoms. The van der Waals surface area contributed by atoms with E-state index in [1.165, 1.54) is 0 Å². The maximum absolute atomic E-state index is 12.6. The van der Waals surface area contributed by atoms with E-state index in [2.05, 4.69) is 9.47 Å². The molecular weight excluding hydrogens is 404 g/mol. The van der Waals surface area contributed by atoms with E-state index >= 15 is 0 Å². The molecule has 0 spiro atoms. The van der Waals surface area contributed by atoms with Gasteiger partial charge in [0, 0.05) is 54.4 Å². The first kappa shape index (κ1) is 22.3. The molecule has 1 aliphatic rings. The fourth-order valence-corrected chi connectivity index (χ4v) is 4.07. The lowest BCUT2D eigenvalue weighted by Crippen LogP contribution is -2.41. The monoisotopic (exact) mass is 434 g/mol. The van der Waals surface area contributed by atoms with Crippen molar-refractivity contribution in [2.75, 3.05) is 39.5 Å². The number of fused-ring (bicyclic) bond motifs is 1. The van der Waals surface area contributed by atoms with Gasteiger partial charge in [-0.1, -0.05) is 18.2 Å². The summed E-state index contributed by atoms with van der Waals surface area (Å²) in [7, 11) is 0. The number of morpholine rings is 1. The number of nitrogens with zero attached hydrogens (tertiary/aromatic N) is 2. The van der Waals surface area contributed by atoms with E-state index in [1.54, 1.807) is 18.2 Å². The Morgan fingerprint density at radius 3 is 2.62 bits per heavy atom. The molecule has 4 rings (SSSR count). The predicted molar refractivity (Wildman–Crippen MR) is 126 cm³/mol. The Bertz CT molecular complexity index is 1070. The van der Waals surface area contributed by atoms with Crippen molar-refractivity contribution in [1.29, 1.82) is 0 Å². The molecule has 0 unspecified atom stereocenters. The number of para-hydroxylation sites is 1. The van der Waals surface area contributed by atoms with Crippen LogP contribution in [-0.2, 0) is 11.3 Å². The second-order valence-electron chi connectivity index (χ2n) is 7.98. The third-order valence-electron chi connectivity index (χ3n) is 5.66. The number of carbonyl (C=O) groups is 1. The van der Waals surface area contributed by atoms with Crippen LogP contribution in [0.25, 0.3) is 17.0 Å². The van der Waals surface area contributed by atoms with Crippen LogP contribution < -0.4 is 4.74 Å². The van der Waals surface area contributed by atoms with Crippen LogP contribution in [0.5, 0.6) is 5.75 Å². The van der Waals surface area contributed by atoms with Gasteiger partial charge in [-0.3, -0.25) is 9.69 Å². The van der Waals surface area contributed by atoms with Crippen molar-refractivity contribution in [1.82, 2.24) is 9.47 Å². The van der Waals surface area contributed by atoms with E-state index in [9.17, 15) is 9.90 Å². The van der Waals surface area contributed by atoms with Crippen LogP contribution in [0.4, 0.5) is 0 Å². The Morgan fingerprint density at radius 1 is 1.12 bits per heavy atom. The number of β-amino-alcohol motifs (C(OH)–C–C–N with tert-alkyl or cyclic N) is 1. The van der Waals surface area contributed by atoms with Gasteiger partial charge in [0.2, 0.25) is 0 Å². The van der Waals surface area contributed by atoms with Crippen molar-refractivity contribution in [2.24, 2.45) is 0 Å². The zero-order valence-corrected chi connectivity index (χ0v) is 18.4. The average molecular weight is 435 g/mol. The van der Waals surface area contributed by atoms with Crippen LogP contribution in [0.15, 0.2) is 60.8 Å². The van der Waals surface area contributed by atoms with Crippen LogP contribution in [0.3, 0.4) is 0 Å². The summed E-state index contributed by atoms with van der Waals surface area (Å²) in [5.74, 6) is 0.698.